The van der Waals surface area contributed by atoms with E-state index in [4.69, 9.17) is 13.6 Å². The first kappa shape index (κ1) is 44.1. The molecule has 0 aromatic rings. The van der Waals surface area contributed by atoms with E-state index >= 15 is 0 Å². The summed E-state index contributed by atoms with van der Waals surface area (Å²) in [4.78, 5) is 12.6. The smallest absolute Gasteiger partial charge is 0.333 e. The van der Waals surface area contributed by atoms with Crippen molar-refractivity contribution in [1.82, 2.24) is 0 Å². The van der Waals surface area contributed by atoms with E-state index in [1.165, 1.54) is 31.3 Å². The summed E-state index contributed by atoms with van der Waals surface area (Å²) in [6, 6.07) is 0. The third kappa shape index (κ3) is 10.3. The molecule has 1 N–H and O–H groups in total. The molecule has 3 aliphatic rings. The Morgan fingerprint density at radius 3 is 2.20 bits per heavy atom. The fraction of sp³-hybridized carbons (Fsp3) is 0.795. The SMILES string of the molecule is C=C(C(=O)OCC)C(CCC)C(O)C[C@@H](C)[C@H]1CC[C@H]2C(=CC=C3C[C@@H](O[Si](C)(C)C(C)(C)C)C[C@H](O[Si](C)(C)C(C)(C)C)C3=C)CCC[C@]12C. The lowest BCUT2D eigenvalue weighted by Crippen LogP contribution is -2.49. The normalized spacial score (nSPS) is 29.9. The molecule has 3 aliphatic carbocycles. The molecule has 3 saturated carbocycles. The van der Waals surface area contributed by atoms with Crippen molar-refractivity contribution in [2.24, 2.45) is 29.1 Å². The van der Waals surface area contributed by atoms with Gasteiger partial charge in [-0.15, -0.1) is 0 Å². The molecule has 292 valence electrons. The summed E-state index contributed by atoms with van der Waals surface area (Å²) in [6.07, 6.45) is 14.4. The highest BCUT2D eigenvalue weighted by molar-refractivity contribution is 6.74. The molecule has 0 saturated heterocycles. The van der Waals surface area contributed by atoms with Gasteiger partial charge in [-0.05, 0) is 129 Å². The van der Waals surface area contributed by atoms with Crippen molar-refractivity contribution < 1.29 is 23.5 Å². The first-order chi connectivity index (χ1) is 23.4. The van der Waals surface area contributed by atoms with Crippen molar-refractivity contribution in [3.05, 3.63) is 47.6 Å². The monoisotopic (exact) mass is 743 g/mol. The molecular formula is C44H78O5Si2. The third-order valence-electron chi connectivity index (χ3n) is 14.1. The Hall–Kier alpha value is -1.26. The van der Waals surface area contributed by atoms with Crippen molar-refractivity contribution in [1.29, 1.82) is 0 Å². The number of esters is 1. The van der Waals surface area contributed by atoms with Crippen LogP contribution in [0.2, 0.25) is 36.3 Å². The van der Waals surface area contributed by atoms with Gasteiger partial charge in [0, 0.05) is 17.9 Å². The van der Waals surface area contributed by atoms with E-state index in [2.05, 4.69) is 114 Å². The highest BCUT2D eigenvalue weighted by Gasteiger charge is 2.51. The van der Waals surface area contributed by atoms with Crippen LogP contribution in [0.3, 0.4) is 0 Å². The fourth-order valence-electron chi connectivity index (χ4n) is 8.97. The van der Waals surface area contributed by atoms with Crippen molar-refractivity contribution in [2.75, 3.05) is 6.61 Å². The van der Waals surface area contributed by atoms with E-state index in [1.807, 2.05) is 6.92 Å². The Morgan fingerprint density at radius 2 is 1.63 bits per heavy atom. The van der Waals surface area contributed by atoms with Crippen LogP contribution in [0.5, 0.6) is 0 Å². The lowest BCUT2D eigenvalue weighted by molar-refractivity contribution is -0.139. The maximum absolute atomic E-state index is 12.6. The van der Waals surface area contributed by atoms with E-state index < -0.39 is 22.7 Å². The van der Waals surface area contributed by atoms with Gasteiger partial charge in [-0.25, -0.2) is 4.79 Å². The number of carbonyl (C=O) groups is 1. The number of carbonyl (C=O) groups excluding carboxylic acids is 1. The van der Waals surface area contributed by atoms with Crippen molar-refractivity contribution >= 4 is 22.6 Å². The van der Waals surface area contributed by atoms with Crippen LogP contribution in [0.4, 0.5) is 0 Å². The molecule has 0 spiro atoms. The van der Waals surface area contributed by atoms with Gasteiger partial charge in [-0.2, -0.15) is 0 Å². The van der Waals surface area contributed by atoms with Gasteiger partial charge in [0.2, 0.25) is 0 Å². The zero-order valence-corrected chi connectivity index (χ0v) is 37.5. The fourth-order valence-corrected chi connectivity index (χ4v) is 11.6. The maximum atomic E-state index is 12.6. The molecule has 8 atom stereocenters. The number of rotatable bonds is 14. The van der Waals surface area contributed by atoms with Crippen LogP contribution in [0, 0.1) is 29.1 Å². The van der Waals surface area contributed by atoms with Crippen LogP contribution in [0.1, 0.15) is 133 Å². The topological polar surface area (TPSA) is 65.0 Å². The Bertz CT molecular complexity index is 1300. The van der Waals surface area contributed by atoms with Crippen LogP contribution in [0.25, 0.3) is 0 Å². The van der Waals surface area contributed by atoms with E-state index in [0.29, 0.717) is 36.4 Å². The summed E-state index contributed by atoms with van der Waals surface area (Å²) < 4.78 is 19.5. The van der Waals surface area contributed by atoms with Crippen molar-refractivity contribution in [3.8, 4) is 0 Å². The molecular weight excluding hydrogens is 665 g/mol. The molecule has 3 fully saturated rings. The molecule has 0 aromatic carbocycles. The number of hydrogen-bond acceptors (Lipinski definition) is 5. The molecule has 0 amide bonds. The zero-order chi connectivity index (χ0) is 38.7. The number of allylic oxidation sites excluding steroid dienone is 3. The highest BCUT2D eigenvalue weighted by Crippen LogP contribution is 2.60. The Balaban J connectivity index is 1.87. The zero-order valence-electron chi connectivity index (χ0n) is 35.5. The summed E-state index contributed by atoms with van der Waals surface area (Å²) in [5.41, 5.74) is 4.63. The molecule has 0 bridgehead atoms. The van der Waals surface area contributed by atoms with Gasteiger partial charge < -0.3 is 18.7 Å². The highest BCUT2D eigenvalue weighted by atomic mass is 28.4. The van der Waals surface area contributed by atoms with Crippen LogP contribution >= 0.6 is 0 Å². The first-order valence-electron chi connectivity index (χ1n) is 20.4. The molecule has 51 heavy (non-hydrogen) atoms. The van der Waals surface area contributed by atoms with Gasteiger partial charge in [-0.3, -0.25) is 0 Å². The second-order valence-corrected chi connectivity index (χ2v) is 29.3. The van der Waals surface area contributed by atoms with Crippen molar-refractivity contribution in [3.63, 3.8) is 0 Å². The largest absolute Gasteiger partial charge is 0.463 e. The van der Waals surface area contributed by atoms with Gasteiger partial charge in [0.1, 0.15) is 0 Å². The van der Waals surface area contributed by atoms with Gasteiger partial charge in [0.15, 0.2) is 16.6 Å². The Kier molecular flexibility index (Phi) is 14.8. The third-order valence-corrected chi connectivity index (χ3v) is 23.1. The second-order valence-electron chi connectivity index (χ2n) is 19.8. The average molecular weight is 743 g/mol. The van der Waals surface area contributed by atoms with Gasteiger partial charge in [-0.1, -0.05) is 99.6 Å². The summed E-state index contributed by atoms with van der Waals surface area (Å²) in [5.74, 6) is 0.794. The summed E-state index contributed by atoms with van der Waals surface area (Å²) in [6.45, 7) is 41.2. The standard InChI is InChI=1S/C44H78O5Si2/c1-17-20-36(32(5)41(46)47-18-2)39(45)27-30(3)37-24-25-38-33(21-19-26-44(37,38)12)22-23-34-28-35(48-50(13,14)42(6,7)8)29-40(31(34)4)49-51(15,16)43(9,10)11/h22-23,30,35-40,45H,4-5,17-21,24-29H2,1-3,6-16H3/t30-,35-,36?,37-,38+,39?,40+,44-/m1/s1. The van der Waals surface area contributed by atoms with Crippen LogP contribution < -0.4 is 0 Å². The Morgan fingerprint density at radius 1 is 1.02 bits per heavy atom. The molecule has 2 unspecified atom stereocenters. The molecule has 7 heteroatoms. The van der Waals surface area contributed by atoms with Crippen LogP contribution in [0.15, 0.2) is 47.6 Å². The van der Waals surface area contributed by atoms with Crippen LogP contribution in [-0.2, 0) is 18.4 Å². The van der Waals surface area contributed by atoms with E-state index in [-0.39, 0.29) is 39.6 Å². The minimum Gasteiger partial charge on any atom is -0.463 e. The first-order valence-corrected chi connectivity index (χ1v) is 26.2. The number of aliphatic hydroxyl groups excluding tert-OH is 1. The molecule has 0 aromatic heterocycles. The molecule has 3 rings (SSSR count). The van der Waals surface area contributed by atoms with Gasteiger partial charge in [0.05, 0.1) is 24.9 Å². The minimum atomic E-state index is -2.02. The van der Waals surface area contributed by atoms with Crippen molar-refractivity contribution in [2.45, 2.75) is 188 Å². The number of ether oxygens (including phenoxy) is 1. The average Bonchev–Trinajstić information content (AvgIpc) is 3.36. The summed E-state index contributed by atoms with van der Waals surface area (Å²) >= 11 is 0. The second kappa shape index (κ2) is 17.0. The molecule has 0 aliphatic heterocycles. The number of hydrogen-bond donors (Lipinski definition) is 1. The number of fused-ring (bicyclic) bond motifs is 1. The summed E-state index contributed by atoms with van der Waals surface area (Å²) in [5, 5.41) is 11.8. The lowest BCUT2D eigenvalue weighted by Gasteiger charge is -2.46. The lowest BCUT2D eigenvalue weighted by atomic mass is 9.60. The molecule has 0 radical (unpaired) electrons. The molecule has 0 heterocycles. The molecule has 5 nitrogen and oxygen atoms in total. The van der Waals surface area contributed by atoms with E-state index in [0.717, 1.165) is 37.7 Å². The van der Waals surface area contributed by atoms with E-state index in [1.54, 1.807) is 5.57 Å². The van der Waals surface area contributed by atoms with Crippen LogP contribution in [-0.4, -0.2) is 52.6 Å². The van der Waals surface area contributed by atoms with E-state index in [9.17, 15) is 9.90 Å². The van der Waals surface area contributed by atoms with Gasteiger partial charge >= 0.3 is 5.97 Å². The summed E-state index contributed by atoms with van der Waals surface area (Å²) in [7, 11) is -4.00. The quantitative estimate of drug-likeness (QED) is 0.109. The van der Waals surface area contributed by atoms with Gasteiger partial charge in [0.25, 0.3) is 0 Å². The maximum Gasteiger partial charge on any atom is 0.333 e. The number of aliphatic hydroxyl groups is 1. The predicted molar refractivity (Wildman–Crippen MR) is 221 cm³/mol. The Labute approximate surface area is 316 Å². The predicted octanol–water partition coefficient (Wildman–Crippen LogP) is 12.1. The minimum absolute atomic E-state index is 0.0183.